The summed E-state index contributed by atoms with van der Waals surface area (Å²) in [7, 11) is 0. The first-order valence-electron chi connectivity index (χ1n) is 9.38. The second-order valence-electron chi connectivity index (χ2n) is 6.72. The molecule has 0 aliphatic carbocycles. The van der Waals surface area contributed by atoms with Gasteiger partial charge >= 0.3 is 5.97 Å². The van der Waals surface area contributed by atoms with E-state index in [1.54, 1.807) is 54.6 Å². The Morgan fingerprint density at radius 3 is 2.50 bits per heavy atom. The van der Waals surface area contributed by atoms with Crippen LogP contribution in [0.25, 0.3) is 10.9 Å². The summed E-state index contributed by atoms with van der Waals surface area (Å²) in [5.41, 5.74) is 1.34. The highest BCUT2D eigenvalue weighted by Crippen LogP contribution is 2.29. The minimum absolute atomic E-state index is 0.0610. The predicted molar refractivity (Wildman–Crippen MR) is 120 cm³/mol. The number of amides is 1. The zero-order chi connectivity index (χ0) is 22.7. The van der Waals surface area contributed by atoms with Crippen LogP contribution in [0.4, 0.5) is 11.4 Å². The van der Waals surface area contributed by atoms with Crippen LogP contribution in [0.5, 0.6) is 0 Å². The number of para-hydroxylation sites is 1. The number of H-pyrrole nitrogens is 1. The lowest BCUT2D eigenvalue weighted by atomic mass is 10.1. The van der Waals surface area contributed by atoms with Gasteiger partial charge in [0.15, 0.2) is 5.69 Å². The lowest BCUT2D eigenvalue weighted by Gasteiger charge is -2.18. The molecule has 1 aromatic heterocycles. The van der Waals surface area contributed by atoms with Gasteiger partial charge in [0.2, 0.25) is 6.10 Å². The van der Waals surface area contributed by atoms with Crippen molar-refractivity contribution in [3.63, 3.8) is 0 Å². The summed E-state index contributed by atoms with van der Waals surface area (Å²) in [6.45, 7) is 0. The van der Waals surface area contributed by atoms with Crippen molar-refractivity contribution < 1.29 is 19.2 Å². The van der Waals surface area contributed by atoms with Gasteiger partial charge in [0.05, 0.1) is 16.1 Å². The van der Waals surface area contributed by atoms with Crippen LogP contribution in [0.3, 0.4) is 0 Å². The quantitative estimate of drug-likeness (QED) is 0.225. The van der Waals surface area contributed by atoms with E-state index >= 15 is 0 Å². The minimum Gasteiger partial charge on any atom is -0.442 e. The summed E-state index contributed by atoms with van der Waals surface area (Å²) in [4.78, 5) is 36.4. The Labute approximate surface area is 189 Å². The van der Waals surface area contributed by atoms with Crippen molar-refractivity contribution in [2.75, 3.05) is 5.32 Å². The number of halogens is 1. The standard InChI is InChI=1S/C22H15BrN4O5/c23-16-12-14(27(30)31)10-11-18(16)24-21(28)20(13-6-2-1-3-7-13)32-22(29)19-15-8-4-5-9-17(15)25-26-19/h1-12,20H,(H,24,28)(H,25,26)/t20-/m1/s1. The van der Waals surface area contributed by atoms with E-state index in [1.165, 1.54) is 18.2 Å². The number of nitro benzene ring substituents is 1. The fraction of sp³-hybridized carbons (Fsp3) is 0.0455. The molecule has 0 aliphatic rings. The first kappa shape index (κ1) is 21.2. The summed E-state index contributed by atoms with van der Waals surface area (Å²) in [6, 6.07) is 19.5. The molecule has 0 bridgehead atoms. The summed E-state index contributed by atoms with van der Waals surface area (Å²) in [5, 5.41) is 20.9. The van der Waals surface area contributed by atoms with E-state index in [0.717, 1.165) is 0 Å². The molecular weight excluding hydrogens is 480 g/mol. The summed E-state index contributed by atoms with van der Waals surface area (Å²) >= 11 is 3.22. The van der Waals surface area contributed by atoms with Crippen LogP contribution in [0.1, 0.15) is 22.2 Å². The third-order valence-corrected chi connectivity index (χ3v) is 5.31. The smallest absolute Gasteiger partial charge is 0.360 e. The molecule has 9 nitrogen and oxygen atoms in total. The first-order chi connectivity index (χ1) is 15.4. The van der Waals surface area contributed by atoms with Crippen LogP contribution >= 0.6 is 15.9 Å². The number of non-ortho nitro benzene ring substituents is 1. The fourth-order valence-corrected chi connectivity index (χ4v) is 3.57. The number of rotatable bonds is 6. The van der Waals surface area contributed by atoms with Crippen LogP contribution in [0.2, 0.25) is 0 Å². The van der Waals surface area contributed by atoms with Crippen LogP contribution in [-0.4, -0.2) is 27.0 Å². The molecule has 0 saturated heterocycles. The average Bonchev–Trinajstić information content (AvgIpc) is 3.23. The Bertz CT molecular complexity index is 1320. The topological polar surface area (TPSA) is 127 Å². The molecule has 2 N–H and O–H groups in total. The third kappa shape index (κ3) is 4.35. The van der Waals surface area contributed by atoms with Crippen LogP contribution in [0.15, 0.2) is 77.3 Å². The van der Waals surface area contributed by atoms with E-state index in [4.69, 9.17) is 4.74 Å². The average molecular weight is 495 g/mol. The van der Waals surface area contributed by atoms with Crippen molar-refractivity contribution in [1.29, 1.82) is 0 Å². The van der Waals surface area contributed by atoms with E-state index in [0.29, 0.717) is 26.6 Å². The number of nitrogens with zero attached hydrogens (tertiary/aromatic N) is 2. The normalized spacial score (nSPS) is 11.7. The Hall–Kier alpha value is -4.05. The molecule has 4 aromatic rings. The number of anilines is 1. The highest BCUT2D eigenvalue weighted by molar-refractivity contribution is 9.10. The number of carbonyl (C=O) groups is 2. The lowest BCUT2D eigenvalue weighted by Crippen LogP contribution is -2.26. The van der Waals surface area contributed by atoms with Crippen molar-refractivity contribution >= 4 is 50.1 Å². The van der Waals surface area contributed by atoms with Gasteiger partial charge in [0.25, 0.3) is 11.6 Å². The highest BCUT2D eigenvalue weighted by Gasteiger charge is 2.28. The molecular formula is C22H15BrN4O5. The molecule has 32 heavy (non-hydrogen) atoms. The van der Waals surface area contributed by atoms with Crippen LogP contribution in [-0.2, 0) is 9.53 Å². The zero-order valence-corrected chi connectivity index (χ0v) is 17.9. The van der Waals surface area contributed by atoms with Crippen molar-refractivity contribution in [3.05, 3.63) is 98.6 Å². The molecule has 0 unspecified atom stereocenters. The van der Waals surface area contributed by atoms with Crippen molar-refractivity contribution in [3.8, 4) is 0 Å². The number of nitro groups is 1. The number of hydrogen-bond acceptors (Lipinski definition) is 6. The predicted octanol–water partition coefficient (Wildman–Crippen LogP) is 4.77. The Balaban J connectivity index is 1.62. The third-order valence-electron chi connectivity index (χ3n) is 4.65. The zero-order valence-electron chi connectivity index (χ0n) is 16.3. The van der Waals surface area contributed by atoms with Gasteiger partial charge in [0, 0.05) is 27.6 Å². The maximum Gasteiger partial charge on any atom is 0.360 e. The van der Waals surface area contributed by atoms with Crippen LogP contribution < -0.4 is 5.32 Å². The minimum atomic E-state index is -1.28. The number of nitrogens with one attached hydrogen (secondary N) is 2. The molecule has 0 spiro atoms. The molecule has 0 aliphatic heterocycles. The molecule has 3 aromatic carbocycles. The van der Waals surface area contributed by atoms with Crippen molar-refractivity contribution in [2.45, 2.75) is 6.10 Å². The molecule has 0 fully saturated rings. The Morgan fingerprint density at radius 2 is 1.78 bits per heavy atom. The van der Waals surface area contributed by atoms with Crippen LogP contribution in [0, 0.1) is 10.1 Å². The second kappa shape index (κ2) is 8.98. The molecule has 1 atom stereocenters. The Morgan fingerprint density at radius 1 is 1.06 bits per heavy atom. The number of aromatic amines is 1. The SMILES string of the molecule is O=C(O[C@@H](C(=O)Nc1ccc([N+](=O)[O-])cc1Br)c1ccccc1)c1n[nH]c2ccccc12. The van der Waals surface area contributed by atoms with Crippen molar-refractivity contribution in [2.24, 2.45) is 0 Å². The fourth-order valence-electron chi connectivity index (χ4n) is 3.10. The van der Waals surface area contributed by atoms with Crippen molar-refractivity contribution in [1.82, 2.24) is 10.2 Å². The molecule has 10 heteroatoms. The molecule has 160 valence electrons. The van der Waals surface area contributed by atoms with Gasteiger partial charge in [-0.3, -0.25) is 20.0 Å². The maximum atomic E-state index is 13.1. The van der Waals surface area contributed by atoms with E-state index in [2.05, 4.69) is 31.4 Å². The number of benzene rings is 3. The molecule has 1 heterocycles. The number of esters is 1. The van der Waals surface area contributed by atoms with E-state index < -0.39 is 22.9 Å². The first-order valence-corrected chi connectivity index (χ1v) is 10.2. The second-order valence-corrected chi connectivity index (χ2v) is 7.58. The van der Waals surface area contributed by atoms with Gasteiger partial charge in [-0.1, -0.05) is 48.5 Å². The van der Waals surface area contributed by atoms with E-state index in [1.807, 2.05) is 0 Å². The number of aromatic nitrogens is 2. The monoisotopic (exact) mass is 494 g/mol. The van der Waals surface area contributed by atoms with Gasteiger partial charge in [0.1, 0.15) is 0 Å². The molecule has 1 amide bonds. The number of fused-ring (bicyclic) bond motifs is 1. The van der Waals surface area contributed by atoms with Gasteiger partial charge < -0.3 is 10.1 Å². The van der Waals surface area contributed by atoms with Gasteiger partial charge in [-0.25, -0.2) is 4.79 Å². The number of hydrogen-bond donors (Lipinski definition) is 2. The van der Waals surface area contributed by atoms with Gasteiger partial charge in [-0.2, -0.15) is 5.10 Å². The van der Waals surface area contributed by atoms with E-state index in [9.17, 15) is 19.7 Å². The van der Waals surface area contributed by atoms with Gasteiger partial charge in [-0.05, 0) is 28.1 Å². The van der Waals surface area contributed by atoms with E-state index in [-0.39, 0.29) is 11.4 Å². The summed E-state index contributed by atoms with van der Waals surface area (Å²) in [6.07, 6.45) is -1.28. The lowest BCUT2D eigenvalue weighted by molar-refractivity contribution is -0.384. The number of ether oxygens (including phenoxy) is 1. The Kier molecular flexibility index (Phi) is 5.95. The molecule has 4 rings (SSSR count). The molecule has 0 radical (unpaired) electrons. The van der Waals surface area contributed by atoms with Gasteiger partial charge in [-0.15, -0.1) is 0 Å². The number of carbonyl (C=O) groups excluding carboxylic acids is 2. The highest BCUT2D eigenvalue weighted by atomic mass is 79.9. The largest absolute Gasteiger partial charge is 0.442 e. The summed E-state index contributed by atoms with van der Waals surface area (Å²) in [5.74, 6) is -1.40. The molecule has 0 saturated carbocycles. The maximum absolute atomic E-state index is 13.1. The summed E-state index contributed by atoms with van der Waals surface area (Å²) < 4.78 is 5.88.